The highest BCUT2D eigenvalue weighted by Crippen LogP contribution is 2.46. The van der Waals surface area contributed by atoms with Crippen LogP contribution in [0.2, 0.25) is 5.02 Å². The number of aromatic hydroxyl groups is 1. The van der Waals surface area contributed by atoms with Crippen LogP contribution in [0.3, 0.4) is 0 Å². The molecule has 5 rings (SSSR count). The summed E-state index contributed by atoms with van der Waals surface area (Å²) in [5, 5.41) is 17.6. The van der Waals surface area contributed by atoms with Crippen LogP contribution in [0, 0.1) is 5.82 Å². The SMILES string of the molecule is CC1NCCN(c2nc(-c3c(O)cccc3F)c(Cl)c3c2CN2CCNCC2CO3)C1C. The van der Waals surface area contributed by atoms with Gasteiger partial charge in [-0.3, -0.25) is 4.90 Å². The van der Waals surface area contributed by atoms with Crippen LogP contribution in [0.4, 0.5) is 10.2 Å². The molecule has 0 spiro atoms. The number of aromatic nitrogens is 1. The Labute approximate surface area is 192 Å². The van der Waals surface area contributed by atoms with E-state index in [4.69, 9.17) is 21.3 Å². The normalized spacial score (nSPS) is 26.1. The number of nitrogens with one attached hydrogen (secondary N) is 2. The van der Waals surface area contributed by atoms with E-state index in [1.807, 2.05) is 0 Å². The van der Waals surface area contributed by atoms with Crippen molar-refractivity contribution in [1.82, 2.24) is 20.5 Å². The van der Waals surface area contributed by atoms with Crippen molar-refractivity contribution in [2.45, 2.75) is 38.5 Å². The number of benzene rings is 1. The average Bonchev–Trinajstić information content (AvgIpc) is 2.97. The minimum absolute atomic E-state index is 0.00428. The first-order chi connectivity index (χ1) is 15.5. The molecule has 2 saturated heterocycles. The number of phenols is 1. The van der Waals surface area contributed by atoms with Crippen molar-refractivity contribution in [2.75, 3.05) is 44.2 Å². The molecular formula is C23H29ClFN5O2. The van der Waals surface area contributed by atoms with Crippen LogP contribution in [0.1, 0.15) is 19.4 Å². The molecule has 172 valence electrons. The molecule has 4 heterocycles. The maximum absolute atomic E-state index is 14.8. The Balaban J connectivity index is 1.71. The Hall–Kier alpha value is -2.13. The average molecular weight is 462 g/mol. The second kappa shape index (κ2) is 8.67. The summed E-state index contributed by atoms with van der Waals surface area (Å²) in [7, 11) is 0. The van der Waals surface area contributed by atoms with Crippen LogP contribution in [-0.2, 0) is 6.54 Å². The molecule has 32 heavy (non-hydrogen) atoms. The first-order valence-corrected chi connectivity index (χ1v) is 11.6. The summed E-state index contributed by atoms with van der Waals surface area (Å²) >= 11 is 6.82. The van der Waals surface area contributed by atoms with Crippen LogP contribution < -0.4 is 20.3 Å². The number of phenolic OH excluding ortho intramolecular Hbond substituents is 1. The van der Waals surface area contributed by atoms with E-state index in [2.05, 4.69) is 34.3 Å². The predicted molar refractivity (Wildman–Crippen MR) is 123 cm³/mol. The molecule has 1 aromatic heterocycles. The Morgan fingerprint density at radius 1 is 1.25 bits per heavy atom. The van der Waals surface area contributed by atoms with Gasteiger partial charge in [0.15, 0.2) is 0 Å². The zero-order valence-electron chi connectivity index (χ0n) is 18.4. The van der Waals surface area contributed by atoms with Crippen LogP contribution in [-0.4, -0.2) is 72.4 Å². The van der Waals surface area contributed by atoms with E-state index < -0.39 is 5.82 Å². The molecule has 2 fully saturated rings. The third-order valence-electron chi connectivity index (χ3n) is 6.96. The van der Waals surface area contributed by atoms with E-state index in [-0.39, 0.29) is 40.2 Å². The summed E-state index contributed by atoms with van der Waals surface area (Å²) < 4.78 is 21.1. The summed E-state index contributed by atoms with van der Waals surface area (Å²) in [6.07, 6.45) is 0. The molecule has 3 unspecified atom stereocenters. The molecule has 0 radical (unpaired) electrons. The smallest absolute Gasteiger partial charge is 0.148 e. The van der Waals surface area contributed by atoms with Gasteiger partial charge in [0.2, 0.25) is 0 Å². The van der Waals surface area contributed by atoms with E-state index in [0.29, 0.717) is 18.9 Å². The molecule has 0 amide bonds. The highest BCUT2D eigenvalue weighted by molar-refractivity contribution is 6.35. The molecule has 9 heteroatoms. The van der Waals surface area contributed by atoms with E-state index in [1.54, 1.807) is 0 Å². The van der Waals surface area contributed by atoms with Gasteiger partial charge in [-0.1, -0.05) is 17.7 Å². The van der Waals surface area contributed by atoms with Gasteiger partial charge in [0, 0.05) is 51.4 Å². The van der Waals surface area contributed by atoms with Gasteiger partial charge in [0.25, 0.3) is 0 Å². The Morgan fingerprint density at radius 2 is 2.09 bits per heavy atom. The number of nitrogens with zero attached hydrogens (tertiary/aromatic N) is 3. The Morgan fingerprint density at radius 3 is 2.91 bits per heavy atom. The minimum atomic E-state index is -0.567. The van der Waals surface area contributed by atoms with E-state index in [0.717, 1.165) is 44.1 Å². The zero-order valence-corrected chi connectivity index (χ0v) is 19.1. The first-order valence-electron chi connectivity index (χ1n) is 11.2. The summed E-state index contributed by atoms with van der Waals surface area (Å²) in [5.74, 6) is 0.536. The van der Waals surface area contributed by atoms with E-state index in [1.165, 1.54) is 18.2 Å². The number of pyridine rings is 1. The standard InChI is InChI=1S/C23H29ClFN5O2/c1-13-14(2)30(9-7-27-13)23-16-11-29-8-6-26-10-15(29)12-32-22(16)20(24)21(28-23)19-17(25)4-3-5-18(19)31/h3-5,13-15,26-27,31H,6-12H2,1-2H3. The monoisotopic (exact) mass is 461 g/mol. The molecule has 3 aliphatic rings. The summed E-state index contributed by atoms with van der Waals surface area (Å²) in [4.78, 5) is 9.57. The molecule has 3 N–H and O–H groups in total. The van der Waals surface area contributed by atoms with Gasteiger partial charge < -0.3 is 25.4 Å². The summed E-state index contributed by atoms with van der Waals surface area (Å²) in [5.41, 5.74) is 1.15. The fraction of sp³-hybridized carbons (Fsp3) is 0.522. The second-order valence-corrected chi connectivity index (χ2v) is 9.23. The molecule has 1 aromatic carbocycles. The first kappa shape index (κ1) is 21.7. The highest BCUT2D eigenvalue weighted by atomic mass is 35.5. The van der Waals surface area contributed by atoms with Gasteiger partial charge in [-0.15, -0.1) is 0 Å². The van der Waals surface area contributed by atoms with Crippen molar-refractivity contribution < 1.29 is 14.2 Å². The topological polar surface area (TPSA) is 72.9 Å². The fourth-order valence-corrected chi connectivity index (χ4v) is 5.23. The molecule has 2 aromatic rings. The second-order valence-electron chi connectivity index (χ2n) is 8.86. The molecule has 3 aliphatic heterocycles. The van der Waals surface area contributed by atoms with Crippen molar-refractivity contribution in [1.29, 1.82) is 0 Å². The molecule has 0 bridgehead atoms. The number of piperazine rings is 2. The van der Waals surface area contributed by atoms with Gasteiger partial charge in [0.1, 0.15) is 40.5 Å². The van der Waals surface area contributed by atoms with Crippen molar-refractivity contribution in [2.24, 2.45) is 0 Å². The maximum atomic E-state index is 14.8. The molecule has 0 saturated carbocycles. The quantitative estimate of drug-likeness (QED) is 0.635. The van der Waals surface area contributed by atoms with Crippen molar-refractivity contribution in [3.63, 3.8) is 0 Å². The molecular weight excluding hydrogens is 433 g/mol. The lowest BCUT2D eigenvalue weighted by Gasteiger charge is -2.41. The van der Waals surface area contributed by atoms with Crippen molar-refractivity contribution >= 4 is 17.4 Å². The highest BCUT2D eigenvalue weighted by Gasteiger charge is 2.36. The molecule has 3 atom stereocenters. The number of fused-ring (bicyclic) bond motifs is 2. The number of hydrogen-bond acceptors (Lipinski definition) is 7. The van der Waals surface area contributed by atoms with Gasteiger partial charge in [0.05, 0.1) is 17.2 Å². The minimum Gasteiger partial charge on any atom is -0.507 e. The summed E-state index contributed by atoms with van der Waals surface area (Å²) in [6, 6.07) is 4.88. The van der Waals surface area contributed by atoms with Gasteiger partial charge in [-0.05, 0) is 26.0 Å². The van der Waals surface area contributed by atoms with Gasteiger partial charge in [-0.25, -0.2) is 9.37 Å². The number of hydrogen-bond donors (Lipinski definition) is 3. The van der Waals surface area contributed by atoms with Crippen molar-refractivity contribution in [3.05, 3.63) is 34.6 Å². The lowest BCUT2D eigenvalue weighted by Crippen LogP contribution is -2.56. The van der Waals surface area contributed by atoms with Gasteiger partial charge in [-0.2, -0.15) is 0 Å². The van der Waals surface area contributed by atoms with E-state index in [9.17, 15) is 9.50 Å². The summed E-state index contributed by atoms with van der Waals surface area (Å²) in [6.45, 7) is 9.72. The Bertz CT molecular complexity index is 1000. The zero-order chi connectivity index (χ0) is 22.4. The lowest BCUT2D eigenvalue weighted by molar-refractivity contribution is 0.120. The fourth-order valence-electron chi connectivity index (χ4n) is 4.92. The van der Waals surface area contributed by atoms with Crippen LogP contribution >= 0.6 is 11.6 Å². The predicted octanol–water partition coefficient (Wildman–Crippen LogP) is 2.60. The van der Waals surface area contributed by atoms with Crippen LogP contribution in [0.5, 0.6) is 11.5 Å². The maximum Gasteiger partial charge on any atom is 0.148 e. The van der Waals surface area contributed by atoms with Crippen LogP contribution in [0.25, 0.3) is 11.3 Å². The van der Waals surface area contributed by atoms with Crippen molar-refractivity contribution in [3.8, 4) is 22.8 Å². The number of anilines is 1. The van der Waals surface area contributed by atoms with Crippen LogP contribution in [0.15, 0.2) is 18.2 Å². The number of rotatable bonds is 2. The third kappa shape index (κ3) is 3.69. The van der Waals surface area contributed by atoms with Gasteiger partial charge >= 0.3 is 0 Å². The Kier molecular flexibility index (Phi) is 5.88. The largest absolute Gasteiger partial charge is 0.507 e. The van der Waals surface area contributed by atoms with E-state index >= 15 is 0 Å². The molecule has 0 aliphatic carbocycles. The third-order valence-corrected chi connectivity index (χ3v) is 7.31. The number of halogens is 2. The molecule has 7 nitrogen and oxygen atoms in total. The number of ether oxygens (including phenoxy) is 1. The lowest BCUT2D eigenvalue weighted by atomic mass is 10.0.